The first-order valence-corrected chi connectivity index (χ1v) is 6.70. The van der Waals surface area contributed by atoms with Crippen molar-refractivity contribution in [2.75, 3.05) is 7.11 Å². The van der Waals surface area contributed by atoms with Crippen molar-refractivity contribution in [3.05, 3.63) is 28.6 Å². The standard InChI is InChI=1S/C11H13N5O3S/c1-3-4-16-10(18)14-15-11(16)20-8-6-12-7(5-13-8)9(17)19-2/h5-6H,3-4H2,1-2H3,(H,14,18). The fraction of sp³-hybridized carbons (Fsp3) is 0.364. The van der Waals surface area contributed by atoms with Gasteiger partial charge in [-0.2, -0.15) is 0 Å². The number of aromatic nitrogens is 5. The molecule has 0 spiro atoms. The van der Waals surface area contributed by atoms with Crippen LogP contribution in [0.4, 0.5) is 0 Å². The highest BCUT2D eigenvalue weighted by Gasteiger charge is 2.12. The van der Waals surface area contributed by atoms with E-state index in [0.29, 0.717) is 16.7 Å². The van der Waals surface area contributed by atoms with E-state index in [0.717, 1.165) is 6.42 Å². The minimum absolute atomic E-state index is 0.129. The van der Waals surface area contributed by atoms with Gasteiger partial charge in [-0.05, 0) is 18.2 Å². The number of aromatic amines is 1. The van der Waals surface area contributed by atoms with Gasteiger partial charge in [-0.1, -0.05) is 6.92 Å². The lowest BCUT2D eigenvalue weighted by atomic mass is 10.5. The number of carbonyl (C=O) groups excluding carboxylic acids is 1. The second kappa shape index (κ2) is 6.33. The number of carbonyl (C=O) groups is 1. The van der Waals surface area contributed by atoms with Crippen LogP contribution in [-0.4, -0.2) is 37.8 Å². The quantitative estimate of drug-likeness (QED) is 0.810. The Kier molecular flexibility index (Phi) is 4.51. The molecule has 2 aromatic rings. The molecular weight excluding hydrogens is 282 g/mol. The minimum Gasteiger partial charge on any atom is -0.464 e. The molecule has 0 atom stereocenters. The van der Waals surface area contributed by atoms with Gasteiger partial charge < -0.3 is 4.74 Å². The summed E-state index contributed by atoms with van der Waals surface area (Å²) in [7, 11) is 1.28. The topological polar surface area (TPSA) is 103 Å². The van der Waals surface area contributed by atoms with Gasteiger partial charge in [-0.3, -0.25) is 4.57 Å². The predicted molar refractivity (Wildman–Crippen MR) is 70.6 cm³/mol. The Balaban J connectivity index is 2.18. The molecule has 0 aromatic carbocycles. The molecule has 2 rings (SSSR count). The van der Waals surface area contributed by atoms with Crippen LogP contribution in [-0.2, 0) is 11.3 Å². The largest absolute Gasteiger partial charge is 0.464 e. The van der Waals surface area contributed by atoms with Gasteiger partial charge in [0, 0.05) is 6.54 Å². The summed E-state index contributed by atoms with van der Waals surface area (Å²) in [5.74, 6) is -0.545. The second-order valence-corrected chi connectivity index (χ2v) is 4.78. The van der Waals surface area contributed by atoms with Crippen molar-refractivity contribution in [1.29, 1.82) is 0 Å². The van der Waals surface area contributed by atoms with Crippen LogP contribution in [0.15, 0.2) is 27.4 Å². The smallest absolute Gasteiger partial charge is 0.358 e. The fourth-order valence-corrected chi connectivity index (χ4v) is 2.25. The minimum atomic E-state index is -0.545. The molecule has 2 heterocycles. The number of ether oxygens (including phenoxy) is 1. The van der Waals surface area contributed by atoms with Crippen molar-refractivity contribution in [2.45, 2.75) is 30.1 Å². The highest BCUT2D eigenvalue weighted by atomic mass is 32.2. The van der Waals surface area contributed by atoms with Gasteiger partial charge in [0.25, 0.3) is 0 Å². The highest BCUT2D eigenvalue weighted by Crippen LogP contribution is 2.22. The lowest BCUT2D eigenvalue weighted by Crippen LogP contribution is -2.17. The molecule has 0 bridgehead atoms. The van der Waals surface area contributed by atoms with Crippen LogP contribution in [0, 0.1) is 0 Å². The number of rotatable bonds is 5. The fourth-order valence-electron chi connectivity index (χ4n) is 1.47. The number of hydrogen-bond donors (Lipinski definition) is 1. The molecule has 9 heteroatoms. The van der Waals surface area contributed by atoms with Crippen molar-refractivity contribution >= 4 is 17.7 Å². The molecule has 0 aliphatic heterocycles. The lowest BCUT2D eigenvalue weighted by molar-refractivity contribution is 0.0593. The van der Waals surface area contributed by atoms with Crippen LogP contribution in [0.2, 0.25) is 0 Å². The Morgan fingerprint density at radius 2 is 2.25 bits per heavy atom. The number of esters is 1. The van der Waals surface area contributed by atoms with Crippen molar-refractivity contribution in [1.82, 2.24) is 24.7 Å². The van der Waals surface area contributed by atoms with Crippen molar-refractivity contribution in [2.24, 2.45) is 0 Å². The molecule has 0 unspecified atom stereocenters. The number of nitrogens with one attached hydrogen (secondary N) is 1. The van der Waals surface area contributed by atoms with E-state index in [1.165, 1.54) is 35.8 Å². The van der Waals surface area contributed by atoms with E-state index in [9.17, 15) is 9.59 Å². The zero-order chi connectivity index (χ0) is 14.5. The van der Waals surface area contributed by atoms with E-state index >= 15 is 0 Å². The molecule has 106 valence electrons. The van der Waals surface area contributed by atoms with Crippen LogP contribution in [0.5, 0.6) is 0 Å². The Bertz CT molecular complexity index is 649. The van der Waals surface area contributed by atoms with Crippen molar-refractivity contribution in [3.8, 4) is 0 Å². The Hall–Kier alpha value is -2.16. The lowest BCUT2D eigenvalue weighted by Gasteiger charge is -2.03. The maximum absolute atomic E-state index is 11.5. The van der Waals surface area contributed by atoms with Crippen LogP contribution in [0.1, 0.15) is 23.8 Å². The third kappa shape index (κ3) is 3.05. The Morgan fingerprint density at radius 3 is 2.85 bits per heavy atom. The summed E-state index contributed by atoms with van der Waals surface area (Å²) in [5.41, 5.74) is -0.127. The third-order valence-corrected chi connectivity index (χ3v) is 3.30. The molecule has 2 aromatic heterocycles. The first-order valence-electron chi connectivity index (χ1n) is 5.89. The van der Waals surface area contributed by atoms with Gasteiger partial charge in [0.2, 0.25) is 0 Å². The van der Waals surface area contributed by atoms with Gasteiger partial charge in [0.05, 0.1) is 19.5 Å². The summed E-state index contributed by atoms with van der Waals surface area (Å²) in [6.07, 6.45) is 3.58. The zero-order valence-electron chi connectivity index (χ0n) is 11.0. The maximum Gasteiger partial charge on any atom is 0.358 e. The third-order valence-electron chi connectivity index (χ3n) is 2.39. The van der Waals surface area contributed by atoms with E-state index in [-0.39, 0.29) is 11.4 Å². The van der Waals surface area contributed by atoms with Gasteiger partial charge in [0.15, 0.2) is 10.9 Å². The summed E-state index contributed by atoms with van der Waals surface area (Å²) in [4.78, 5) is 30.8. The van der Waals surface area contributed by atoms with Gasteiger partial charge in [-0.25, -0.2) is 24.7 Å². The normalized spacial score (nSPS) is 10.5. The molecule has 0 aliphatic carbocycles. The van der Waals surface area contributed by atoms with Crippen LogP contribution in [0.3, 0.4) is 0 Å². The number of nitrogens with zero attached hydrogens (tertiary/aromatic N) is 4. The average molecular weight is 295 g/mol. The van der Waals surface area contributed by atoms with Crippen LogP contribution >= 0.6 is 11.8 Å². The molecule has 20 heavy (non-hydrogen) atoms. The molecular formula is C11H13N5O3S. The summed E-state index contributed by atoms with van der Waals surface area (Å²) in [6.45, 7) is 2.55. The van der Waals surface area contributed by atoms with Gasteiger partial charge in [0.1, 0.15) is 5.03 Å². The van der Waals surface area contributed by atoms with Gasteiger partial charge >= 0.3 is 11.7 Å². The first-order chi connectivity index (χ1) is 9.65. The van der Waals surface area contributed by atoms with Crippen molar-refractivity contribution < 1.29 is 9.53 Å². The number of H-pyrrole nitrogens is 1. The molecule has 0 fully saturated rings. The summed E-state index contributed by atoms with van der Waals surface area (Å²) in [5, 5.41) is 7.37. The van der Waals surface area contributed by atoms with E-state index in [4.69, 9.17) is 0 Å². The molecule has 0 saturated carbocycles. The Labute approximate surface area is 118 Å². The van der Waals surface area contributed by atoms with E-state index in [1.54, 1.807) is 0 Å². The zero-order valence-corrected chi connectivity index (χ0v) is 11.8. The molecule has 8 nitrogen and oxygen atoms in total. The second-order valence-electron chi connectivity index (χ2n) is 3.80. The Morgan fingerprint density at radius 1 is 1.45 bits per heavy atom. The molecule has 1 N–H and O–H groups in total. The van der Waals surface area contributed by atoms with E-state index in [2.05, 4.69) is 24.9 Å². The van der Waals surface area contributed by atoms with E-state index in [1.807, 2.05) is 6.92 Å². The highest BCUT2D eigenvalue weighted by molar-refractivity contribution is 7.99. The molecule has 0 saturated heterocycles. The average Bonchev–Trinajstić information content (AvgIpc) is 2.81. The monoisotopic (exact) mass is 295 g/mol. The molecule has 0 radical (unpaired) electrons. The summed E-state index contributed by atoms with van der Waals surface area (Å²) < 4.78 is 6.07. The molecule has 0 amide bonds. The summed E-state index contributed by atoms with van der Waals surface area (Å²) in [6, 6.07) is 0. The summed E-state index contributed by atoms with van der Waals surface area (Å²) >= 11 is 1.20. The van der Waals surface area contributed by atoms with Crippen molar-refractivity contribution in [3.63, 3.8) is 0 Å². The number of methoxy groups -OCH3 is 1. The SMILES string of the molecule is CCCn1c(Sc2cnc(C(=O)OC)cn2)n[nH]c1=O. The van der Waals surface area contributed by atoms with Crippen LogP contribution in [0.25, 0.3) is 0 Å². The predicted octanol–water partition coefficient (Wildman–Crippen LogP) is 0.709. The first kappa shape index (κ1) is 14.3. The van der Waals surface area contributed by atoms with Gasteiger partial charge in [-0.15, -0.1) is 5.10 Å². The molecule has 0 aliphatic rings. The number of hydrogen-bond acceptors (Lipinski definition) is 7. The maximum atomic E-state index is 11.5. The van der Waals surface area contributed by atoms with Crippen LogP contribution < -0.4 is 5.69 Å². The van der Waals surface area contributed by atoms with E-state index < -0.39 is 5.97 Å².